The molecule has 6 unspecified atom stereocenters. The van der Waals surface area contributed by atoms with Gasteiger partial charge in [0.05, 0.1) is 18.3 Å². The summed E-state index contributed by atoms with van der Waals surface area (Å²) < 4.78 is 0. The summed E-state index contributed by atoms with van der Waals surface area (Å²) in [5, 5.41) is 36.7. The summed E-state index contributed by atoms with van der Waals surface area (Å²) in [7, 11) is 0. The van der Waals surface area contributed by atoms with Crippen molar-refractivity contribution in [2.45, 2.75) is 129 Å². The number of hydrogen-bond donors (Lipinski definition) is 5. The van der Waals surface area contributed by atoms with Gasteiger partial charge in [-0.05, 0) is 124 Å². The quantitative estimate of drug-likeness (QED) is 0.207. The van der Waals surface area contributed by atoms with Crippen LogP contribution < -0.4 is 11.1 Å². The van der Waals surface area contributed by atoms with Crippen molar-refractivity contribution >= 4 is 11.8 Å². The molecule has 11 atom stereocenters. The van der Waals surface area contributed by atoms with Crippen molar-refractivity contribution < 1.29 is 24.9 Å². The van der Waals surface area contributed by atoms with Gasteiger partial charge >= 0.3 is 0 Å². The molecule has 8 nitrogen and oxygen atoms in total. The zero-order valence-electron chi connectivity index (χ0n) is 26.9. The molecule has 0 heterocycles. The second kappa shape index (κ2) is 14.3. The Balaban J connectivity index is 1.29. The zero-order chi connectivity index (χ0) is 30.7. The van der Waals surface area contributed by atoms with E-state index in [0.29, 0.717) is 68.6 Å². The number of nitrogens with one attached hydrogen (secondary N) is 1. The van der Waals surface area contributed by atoms with E-state index < -0.39 is 6.10 Å². The predicted octanol–water partition coefficient (Wildman–Crippen LogP) is 3.85. The van der Waals surface area contributed by atoms with Crippen molar-refractivity contribution in [2.75, 3.05) is 26.2 Å². The van der Waals surface area contributed by atoms with Crippen molar-refractivity contribution in [1.82, 2.24) is 10.2 Å². The van der Waals surface area contributed by atoms with Crippen LogP contribution in [-0.2, 0) is 9.59 Å². The van der Waals surface area contributed by atoms with E-state index >= 15 is 0 Å². The van der Waals surface area contributed by atoms with Crippen LogP contribution in [0.2, 0.25) is 0 Å². The summed E-state index contributed by atoms with van der Waals surface area (Å²) in [6.07, 6.45) is 9.32. The molecule has 4 fully saturated rings. The van der Waals surface area contributed by atoms with Gasteiger partial charge < -0.3 is 31.3 Å². The minimum Gasteiger partial charge on any atom is -0.393 e. The lowest BCUT2D eigenvalue weighted by Crippen LogP contribution is -2.62. The topological polar surface area (TPSA) is 136 Å². The molecule has 0 spiro atoms. The van der Waals surface area contributed by atoms with Gasteiger partial charge in [-0.15, -0.1) is 0 Å². The number of nitrogens with zero attached hydrogens (tertiary/aromatic N) is 1. The van der Waals surface area contributed by atoms with Crippen molar-refractivity contribution in [2.24, 2.45) is 52.1 Å². The lowest BCUT2D eigenvalue weighted by atomic mass is 9.43. The molecular formula is C34H61N3O5. The molecule has 0 saturated heterocycles. The first-order valence-corrected chi connectivity index (χ1v) is 17.3. The van der Waals surface area contributed by atoms with Gasteiger partial charge in [0.2, 0.25) is 11.8 Å². The molecule has 2 amide bonds. The Morgan fingerprint density at radius 2 is 1.74 bits per heavy atom. The number of fused-ring (bicyclic) bond motifs is 5. The van der Waals surface area contributed by atoms with Crippen molar-refractivity contribution in [1.29, 1.82) is 0 Å². The highest BCUT2D eigenvalue weighted by molar-refractivity contribution is 5.76. The Kier molecular flexibility index (Phi) is 11.4. The first kappa shape index (κ1) is 33.7. The molecule has 4 aliphatic carbocycles. The second-order valence-corrected chi connectivity index (χ2v) is 15.0. The van der Waals surface area contributed by atoms with E-state index in [2.05, 4.69) is 26.1 Å². The first-order valence-electron chi connectivity index (χ1n) is 17.3. The SMILES string of the molecule is CCCC(=O)N(CCCN)CCCNC(=O)CCC(C)C1CCC2C3C(C[C@H](O)[C@]12C)[C@@]1(C)CC[C@@H](O)CC1C[C@H]3O. The number of amides is 2. The van der Waals surface area contributed by atoms with Gasteiger partial charge in [-0.25, -0.2) is 0 Å². The molecule has 242 valence electrons. The second-order valence-electron chi connectivity index (χ2n) is 15.0. The molecule has 0 aromatic rings. The molecule has 0 aromatic heterocycles. The van der Waals surface area contributed by atoms with Gasteiger partial charge in [-0.2, -0.15) is 0 Å². The van der Waals surface area contributed by atoms with Gasteiger partial charge in [-0.3, -0.25) is 9.59 Å². The van der Waals surface area contributed by atoms with Gasteiger partial charge in [0, 0.05) is 32.5 Å². The van der Waals surface area contributed by atoms with E-state index in [1.165, 1.54) is 0 Å². The average molecular weight is 592 g/mol. The summed E-state index contributed by atoms with van der Waals surface area (Å²) in [5.41, 5.74) is 5.48. The maximum absolute atomic E-state index is 12.8. The van der Waals surface area contributed by atoms with Crippen LogP contribution in [0.4, 0.5) is 0 Å². The van der Waals surface area contributed by atoms with Crippen LogP contribution in [0, 0.1) is 46.3 Å². The lowest BCUT2D eigenvalue weighted by molar-refractivity contribution is -0.207. The Labute approximate surface area is 254 Å². The number of aliphatic hydroxyl groups excluding tert-OH is 3. The largest absolute Gasteiger partial charge is 0.393 e. The summed E-state index contributed by atoms with van der Waals surface area (Å²) >= 11 is 0. The van der Waals surface area contributed by atoms with Crippen LogP contribution in [0.5, 0.6) is 0 Å². The summed E-state index contributed by atoms with van der Waals surface area (Å²) in [4.78, 5) is 27.0. The smallest absolute Gasteiger partial charge is 0.222 e. The Morgan fingerprint density at radius 3 is 2.45 bits per heavy atom. The molecule has 0 bridgehead atoms. The fourth-order valence-corrected chi connectivity index (χ4v) is 10.3. The molecule has 0 aliphatic heterocycles. The van der Waals surface area contributed by atoms with Gasteiger partial charge in [0.1, 0.15) is 0 Å². The van der Waals surface area contributed by atoms with E-state index in [1.54, 1.807) is 0 Å². The fourth-order valence-electron chi connectivity index (χ4n) is 10.3. The third kappa shape index (κ3) is 6.72. The number of carbonyl (C=O) groups excluding carboxylic acids is 2. The standard InChI is InChI=1S/C34H61N3O5/c1-5-8-31(42)37(17-6-15-35)18-7-16-36-30(41)12-9-22(2)25-10-11-26-32-27(21-29(40)34(25,26)4)33(3)14-13-24(38)19-23(33)20-28(32)39/h22-29,32,38-40H,5-21,35H2,1-4H3,(H,36,41)/t22?,23?,24-,25?,26?,27?,28-,29+,32?,33+,34-/m1/s1. The van der Waals surface area contributed by atoms with E-state index in [1.807, 2.05) is 11.8 Å². The number of carbonyl (C=O) groups is 2. The van der Waals surface area contributed by atoms with Crippen molar-refractivity contribution in [3.63, 3.8) is 0 Å². The zero-order valence-corrected chi connectivity index (χ0v) is 26.9. The Hall–Kier alpha value is -1.22. The average Bonchev–Trinajstić information content (AvgIpc) is 3.31. The van der Waals surface area contributed by atoms with Gasteiger partial charge in [0.25, 0.3) is 0 Å². The third-order valence-electron chi connectivity index (χ3n) is 12.7. The highest BCUT2D eigenvalue weighted by Crippen LogP contribution is 2.68. The van der Waals surface area contributed by atoms with Crippen molar-refractivity contribution in [3.05, 3.63) is 0 Å². The number of aliphatic hydroxyl groups is 3. The van der Waals surface area contributed by atoms with E-state index in [-0.39, 0.29) is 40.8 Å². The maximum atomic E-state index is 12.8. The molecule has 4 aliphatic rings. The highest BCUT2D eigenvalue weighted by atomic mass is 16.3. The number of rotatable bonds is 13. The summed E-state index contributed by atoms with van der Waals surface area (Å²) in [6.45, 7) is 11.3. The molecular weight excluding hydrogens is 530 g/mol. The predicted molar refractivity (Wildman–Crippen MR) is 165 cm³/mol. The summed E-state index contributed by atoms with van der Waals surface area (Å²) in [6, 6.07) is 0. The number of hydrogen-bond acceptors (Lipinski definition) is 6. The van der Waals surface area contributed by atoms with E-state index in [9.17, 15) is 24.9 Å². The monoisotopic (exact) mass is 591 g/mol. The van der Waals surface area contributed by atoms with E-state index in [0.717, 1.165) is 70.6 Å². The van der Waals surface area contributed by atoms with Crippen LogP contribution in [-0.4, -0.2) is 76.5 Å². The lowest BCUT2D eigenvalue weighted by Gasteiger charge is -2.63. The Bertz CT molecular complexity index is 918. The molecule has 4 saturated carbocycles. The summed E-state index contributed by atoms with van der Waals surface area (Å²) in [5.74, 6) is 2.00. The molecule has 42 heavy (non-hydrogen) atoms. The van der Waals surface area contributed by atoms with E-state index in [4.69, 9.17) is 5.73 Å². The Morgan fingerprint density at radius 1 is 1.00 bits per heavy atom. The number of nitrogens with two attached hydrogens (primary N) is 1. The van der Waals surface area contributed by atoms with Crippen LogP contribution in [0.25, 0.3) is 0 Å². The van der Waals surface area contributed by atoms with Gasteiger partial charge in [0.15, 0.2) is 0 Å². The fraction of sp³-hybridized carbons (Fsp3) is 0.941. The minimum absolute atomic E-state index is 0.0559. The van der Waals surface area contributed by atoms with Crippen LogP contribution in [0.1, 0.15) is 111 Å². The molecule has 0 radical (unpaired) electrons. The first-order chi connectivity index (χ1) is 20.0. The van der Waals surface area contributed by atoms with Crippen LogP contribution >= 0.6 is 0 Å². The maximum Gasteiger partial charge on any atom is 0.222 e. The minimum atomic E-state index is -0.403. The normalized spacial score (nSPS) is 40.0. The molecule has 8 heteroatoms. The van der Waals surface area contributed by atoms with Crippen molar-refractivity contribution in [3.8, 4) is 0 Å². The van der Waals surface area contributed by atoms with Crippen LogP contribution in [0.3, 0.4) is 0 Å². The third-order valence-corrected chi connectivity index (χ3v) is 12.7. The van der Waals surface area contributed by atoms with Crippen LogP contribution in [0.15, 0.2) is 0 Å². The molecule has 0 aromatic carbocycles. The van der Waals surface area contributed by atoms with Gasteiger partial charge in [-0.1, -0.05) is 27.7 Å². The molecule has 6 N–H and O–H groups in total. The highest BCUT2D eigenvalue weighted by Gasteiger charge is 2.65. The molecule has 4 rings (SSSR count).